The highest BCUT2D eigenvalue weighted by molar-refractivity contribution is 5.74. The van der Waals surface area contributed by atoms with E-state index >= 15 is 0 Å². The average Bonchev–Trinajstić information content (AvgIpc) is 3.85. The first-order valence-corrected chi connectivity index (χ1v) is 17.6. The number of ether oxygens (including phenoxy) is 7. The molecular weight excluding hydrogens is 688 g/mol. The van der Waals surface area contributed by atoms with Crippen LogP contribution in [-0.2, 0) is 57.1 Å². The van der Waals surface area contributed by atoms with E-state index < -0.39 is 130 Å². The Balaban J connectivity index is 1.52. The highest BCUT2D eigenvalue weighted by Gasteiger charge is 3.04. The van der Waals surface area contributed by atoms with Gasteiger partial charge in [-0.2, -0.15) is 0 Å². The van der Waals surface area contributed by atoms with Crippen LogP contribution >= 0.6 is 0 Å². The monoisotopic (exact) mass is 732 g/mol. The average molecular weight is 733 g/mol. The zero-order valence-electron chi connectivity index (χ0n) is 30.0. The Morgan fingerprint density at radius 2 is 1.60 bits per heavy atom. The third-order valence-electron chi connectivity index (χ3n) is 14.2. The fraction of sp³-hybridized carbons (Fsp3) is 0.750. The number of cyclic esters (lactones) is 1. The van der Waals surface area contributed by atoms with Crippen molar-refractivity contribution in [3.63, 3.8) is 0 Å². The van der Waals surface area contributed by atoms with Gasteiger partial charge in [-0.25, -0.2) is 0 Å². The number of furan rings is 1. The van der Waals surface area contributed by atoms with Gasteiger partial charge in [-0.3, -0.25) is 24.0 Å². The van der Waals surface area contributed by atoms with Crippen molar-refractivity contribution in [2.75, 3.05) is 6.61 Å². The van der Waals surface area contributed by atoms with Gasteiger partial charge in [0.25, 0.3) is 0 Å². The Bertz CT molecular complexity index is 1780. The number of carbonyl (C=O) groups excluding carboxylic acids is 5. The molecule has 4 heterocycles. The molecule has 1 aromatic heterocycles. The largest absolute Gasteiger partial charge is 0.472 e. The molecule has 2 spiro atoms. The van der Waals surface area contributed by atoms with E-state index in [1.165, 1.54) is 19.5 Å². The van der Waals surface area contributed by atoms with E-state index in [9.17, 15) is 39.3 Å². The maximum Gasteiger partial charge on any atom is 0.306 e. The van der Waals surface area contributed by atoms with Crippen LogP contribution in [0.1, 0.15) is 85.8 Å². The summed E-state index contributed by atoms with van der Waals surface area (Å²) in [6.07, 6.45) is -5.99. The summed E-state index contributed by atoms with van der Waals surface area (Å²) in [5, 5.41) is 41.1. The van der Waals surface area contributed by atoms with Gasteiger partial charge in [0.2, 0.25) is 0 Å². The van der Waals surface area contributed by atoms with Gasteiger partial charge in [-0.15, -0.1) is 0 Å². The normalized spacial score (nSPS) is 50.8. The van der Waals surface area contributed by atoms with E-state index in [2.05, 4.69) is 0 Å². The van der Waals surface area contributed by atoms with Crippen LogP contribution in [0.4, 0.5) is 0 Å². The third-order valence-corrected chi connectivity index (χ3v) is 14.2. The van der Waals surface area contributed by atoms with Crippen molar-refractivity contribution >= 4 is 29.8 Å². The van der Waals surface area contributed by atoms with E-state index in [1.807, 2.05) is 0 Å². The molecule has 0 aromatic carbocycles. The van der Waals surface area contributed by atoms with Gasteiger partial charge in [-0.1, -0.05) is 20.8 Å². The second-order valence-corrected chi connectivity index (χ2v) is 16.4. The molecule has 3 saturated heterocycles. The Kier molecular flexibility index (Phi) is 7.05. The fourth-order valence-corrected chi connectivity index (χ4v) is 12.8. The van der Waals surface area contributed by atoms with E-state index in [-0.39, 0.29) is 19.3 Å². The summed E-state index contributed by atoms with van der Waals surface area (Å²) in [4.78, 5) is 65.5. The molecule has 0 radical (unpaired) electrons. The predicted molar refractivity (Wildman–Crippen MR) is 167 cm³/mol. The Morgan fingerprint density at radius 1 is 0.942 bits per heavy atom. The van der Waals surface area contributed by atoms with Gasteiger partial charge in [0, 0.05) is 57.4 Å². The summed E-state index contributed by atoms with van der Waals surface area (Å²) < 4.78 is 49.2. The maximum atomic E-state index is 14.3. The number of esters is 5. The van der Waals surface area contributed by atoms with E-state index in [4.69, 9.17) is 37.6 Å². The standard InChI is InChI=1S/C36H44O16/c1-8-31-12-22-30(7,24(47-16(2)37)20-9-10-45-13-20)25(48-17(3)38)26(49-18(4)39)36(44)32-15-46-23(41)11-21(32)29(6)14-33(32,42)34(43,27(29)50-19(5)40)28(51-31)35(22,36)52-31/h9-10,13,21-22,24-28,42-44H,8,11-12,14-15H2,1-7H3. The quantitative estimate of drug-likeness (QED) is 0.264. The second-order valence-electron chi connectivity index (χ2n) is 16.4. The SMILES string of the molecule is CCC12CC3C(C)(C(OC(C)=O)c4ccoc4)C(OC(C)=O)C(OC(C)=O)C4(O)C3(O1)C(O2)C1(O)C(OC(C)=O)C2(C)CC1(O)C41COC(=O)CC21. The zero-order valence-corrected chi connectivity index (χ0v) is 30.0. The summed E-state index contributed by atoms with van der Waals surface area (Å²) in [5.74, 6) is -7.73. The molecule has 15 atom stereocenters. The highest BCUT2D eigenvalue weighted by Crippen LogP contribution is 2.87. The zero-order chi connectivity index (χ0) is 37.8. The molecule has 4 saturated carbocycles. The van der Waals surface area contributed by atoms with Crippen molar-refractivity contribution in [2.24, 2.45) is 28.1 Å². The van der Waals surface area contributed by atoms with Gasteiger partial charge in [0.1, 0.15) is 41.7 Å². The topological polar surface area (TPSA) is 224 Å². The molecule has 3 N–H and O–H groups in total. The molecule has 0 amide bonds. The molecule has 1 aromatic rings. The van der Waals surface area contributed by atoms with Gasteiger partial charge in [-0.05, 0) is 24.8 Å². The molecule has 52 heavy (non-hydrogen) atoms. The van der Waals surface area contributed by atoms with Crippen molar-refractivity contribution in [1.29, 1.82) is 0 Å². The Morgan fingerprint density at radius 3 is 2.17 bits per heavy atom. The molecule has 16 heteroatoms. The molecule has 4 aliphatic carbocycles. The molecular formula is C36H44O16. The van der Waals surface area contributed by atoms with E-state index in [0.29, 0.717) is 5.56 Å². The summed E-state index contributed by atoms with van der Waals surface area (Å²) >= 11 is 0. The summed E-state index contributed by atoms with van der Waals surface area (Å²) in [6.45, 7) is 8.94. The van der Waals surface area contributed by atoms with Crippen LogP contribution in [0.15, 0.2) is 23.0 Å². The van der Waals surface area contributed by atoms with Gasteiger partial charge >= 0.3 is 29.8 Å². The van der Waals surface area contributed by atoms with Crippen LogP contribution in [-0.4, -0.2) is 104 Å². The minimum absolute atomic E-state index is 0.0382. The summed E-state index contributed by atoms with van der Waals surface area (Å²) in [6, 6.07) is 1.55. The van der Waals surface area contributed by atoms with Gasteiger partial charge in [0.05, 0.1) is 23.4 Å². The fourth-order valence-electron chi connectivity index (χ4n) is 12.8. The minimum Gasteiger partial charge on any atom is -0.472 e. The molecule has 15 unspecified atom stereocenters. The van der Waals surface area contributed by atoms with Crippen LogP contribution in [0.5, 0.6) is 0 Å². The summed E-state index contributed by atoms with van der Waals surface area (Å²) in [5.41, 5.74) is -14.7. The van der Waals surface area contributed by atoms with Crippen LogP contribution in [0, 0.1) is 28.1 Å². The van der Waals surface area contributed by atoms with E-state index in [1.54, 1.807) is 26.8 Å². The third kappa shape index (κ3) is 3.54. The number of carbonyl (C=O) groups is 5. The minimum atomic E-state index is -2.67. The second kappa shape index (κ2) is 10.3. The lowest BCUT2D eigenvalue weighted by Gasteiger charge is -2.77. The first-order valence-electron chi connectivity index (χ1n) is 17.6. The predicted octanol–water partition coefficient (Wildman–Crippen LogP) is 1.16. The van der Waals surface area contributed by atoms with Crippen molar-refractivity contribution in [3.8, 4) is 0 Å². The van der Waals surface area contributed by atoms with Crippen molar-refractivity contribution in [3.05, 3.63) is 24.2 Å². The molecule has 16 nitrogen and oxygen atoms in total. The lowest BCUT2D eigenvalue weighted by atomic mass is 9.32. The lowest BCUT2D eigenvalue weighted by molar-refractivity contribution is -0.450. The van der Waals surface area contributed by atoms with Crippen molar-refractivity contribution in [2.45, 2.75) is 133 Å². The summed E-state index contributed by atoms with van der Waals surface area (Å²) in [7, 11) is 0. The number of aliphatic hydroxyl groups is 3. The highest BCUT2D eigenvalue weighted by atomic mass is 16.8. The molecule has 284 valence electrons. The maximum absolute atomic E-state index is 14.3. The van der Waals surface area contributed by atoms with Crippen LogP contribution in [0.25, 0.3) is 0 Å². The van der Waals surface area contributed by atoms with Crippen LogP contribution in [0.3, 0.4) is 0 Å². The number of fused-ring (bicyclic) bond motifs is 4. The lowest BCUT2D eigenvalue weighted by Crippen LogP contribution is -2.97. The van der Waals surface area contributed by atoms with Crippen LogP contribution < -0.4 is 0 Å². The number of hydrogen-bond donors (Lipinski definition) is 3. The molecule has 4 bridgehead atoms. The molecule has 7 aliphatic rings. The van der Waals surface area contributed by atoms with E-state index in [0.717, 1.165) is 20.8 Å². The molecule has 3 aliphatic heterocycles. The number of hydrogen-bond acceptors (Lipinski definition) is 16. The first kappa shape index (κ1) is 35.5. The Labute approximate surface area is 298 Å². The van der Waals surface area contributed by atoms with Crippen molar-refractivity contribution < 1.29 is 76.9 Å². The van der Waals surface area contributed by atoms with Gasteiger partial charge < -0.3 is 52.9 Å². The van der Waals surface area contributed by atoms with Gasteiger partial charge in [0.15, 0.2) is 23.6 Å². The number of rotatable bonds is 7. The first-order chi connectivity index (χ1) is 24.2. The Hall–Kier alpha value is -3.57. The molecule has 7 fully saturated rings. The smallest absolute Gasteiger partial charge is 0.306 e. The molecule has 8 rings (SSSR count). The van der Waals surface area contributed by atoms with Crippen molar-refractivity contribution in [1.82, 2.24) is 0 Å². The van der Waals surface area contributed by atoms with Crippen LogP contribution in [0.2, 0.25) is 0 Å².